The minimum atomic E-state index is -0.393. The molecule has 2 aliphatic heterocycles. The van der Waals surface area contributed by atoms with E-state index in [1.165, 1.54) is 52.4 Å². The number of amides is 2. The van der Waals surface area contributed by atoms with Crippen LogP contribution in [0, 0.1) is 5.82 Å². The molecule has 0 saturated carbocycles. The first kappa shape index (κ1) is 23.6. The summed E-state index contributed by atoms with van der Waals surface area (Å²) in [5.74, 6) is -0.379. The quantitative estimate of drug-likeness (QED) is 0.469. The second kappa shape index (κ2) is 10.2. The van der Waals surface area contributed by atoms with Crippen molar-refractivity contribution in [3.63, 3.8) is 0 Å². The molecule has 8 nitrogen and oxygen atoms in total. The molecule has 1 atom stereocenters. The highest BCUT2D eigenvalue weighted by Crippen LogP contribution is 2.35. The van der Waals surface area contributed by atoms with E-state index >= 15 is 0 Å². The van der Waals surface area contributed by atoms with Crippen LogP contribution >= 0.6 is 23.5 Å². The molecule has 11 heteroatoms. The molecule has 0 aliphatic carbocycles. The lowest BCUT2D eigenvalue weighted by Crippen LogP contribution is -2.51. The van der Waals surface area contributed by atoms with Gasteiger partial charge in [0.25, 0.3) is 5.56 Å². The molecule has 1 aromatic heterocycles. The third-order valence-corrected chi connectivity index (χ3v) is 7.59. The van der Waals surface area contributed by atoms with E-state index in [0.29, 0.717) is 54.9 Å². The molecule has 0 N–H and O–H groups in total. The standard InChI is InChI=1S/C22H25FN4O4S2/c1-3-31-22(30)26-10-8-25(9-11-26)18(28)13-32-21-24-17-12-14(2)33-19(17)20(29)27(21)16-6-4-15(23)5-7-16/h4-7,14H,3,8-13H2,1-2H3. The topological polar surface area (TPSA) is 84.7 Å². The highest BCUT2D eigenvalue weighted by Gasteiger charge is 2.28. The summed E-state index contributed by atoms with van der Waals surface area (Å²) in [5, 5.41) is 0.665. The van der Waals surface area contributed by atoms with Crippen molar-refractivity contribution in [3.8, 4) is 5.69 Å². The fourth-order valence-corrected chi connectivity index (χ4v) is 5.81. The van der Waals surface area contributed by atoms with Crippen molar-refractivity contribution >= 4 is 35.5 Å². The van der Waals surface area contributed by atoms with Gasteiger partial charge in [-0.15, -0.1) is 11.8 Å². The fraction of sp³-hybridized carbons (Fsp3) is 0.455. The minimum absolute atomic E-state index is 0.0911. The average Bonchev–Trinajstić information content (AvgIpc) is 3.19. The molecule has 2 amide bonds. The number of carbonyl (C=O) groups excluding carboxylic acids is 2. The van der Waals surface area contributed by atoms with Gasteiger partial charge in [0.2, 0.25) is 5.91 Å². The van der Waals surface area contributed by atoms with Gasteiger partial charge in [0.15, 0.2) is 5.16 Å². The Bertz CT molecular complexity index is 1100. The van der Waals surface area contributed by atoms with Crippen LogP contribution in [0.2, 0.25) is 0 Å². The summed E-state index contributed by atoms with van der Waals surface area (Å²) in [6, 6.07) is 5.67. The van der Waals surface area contributed by atoms with Gasteiger partial charge in [0.1, 0.15) is 5.82 Å². The van der Waals surface area contributed by atoms with Crippen LogP contribution in [0.15, 0.2) is 39.1 Å². The van der Waals surface area contributed by atoms with E-state index < -0.39 is 5.82 Å². The van der Waals surface area contributed by atoms with Gasteiger partial charge in [-0.25, -0.2) is 14.2 Å². The highest BCUT2D eigenvalue weighted by atomic mass is 32.2. The second-order valence-corrected chi connectivity index (χ2v) is 10.2. The normalized spacial score (nSPS) is 17.7. The van der Waals surface area contributed by atoms with Crippen LogP contribution in [0.25, 0.3) is 5.69 Å². The van der Waals surface area contributed by atoms with Gasteiger partial charge >= 0.3 is 6.09 Å². The molecule has 1 aromatic carbocycles. The molecule has 1 saturated heterocycles. The molecule has 0 bridgehead atoms. The Morgan fingerprint density at radius 3 is 2.52 bits per heavy atom. The van der Waals surface area contributed by atoms with Crippen molar-refractivity contribution in [2.45, 2.75) is 35.6 Å². The van der Waals surface area contributed by atoms with Crippen LogP contribution in [-0.2, 0) is 16.0 Å². The number of fused-ring (bicyclic) bond motifs is 1. The molecule has 2 aliphatic rings. The van der Waals surface area contributed by atoms with Crippen LogP contribution in [0.1, 0.15) is 19.5 Å². The Morgan fingerprint density at radius 1 is 1.18 bits per heavy atom. The lowest BCUT2D eigenvalue weighted by molar-refractivity contribution is -0.129. The Kier molecular flexibility index (Phi) is 7.28. The van der Waals surface area contributed by atoms with Crippen molar-refractivity contribution in [2.75, 3.05) is 38.5 Å². The summed E-state index contributed by atoms with van der Waals surface area (Å²) in [5.41, 5.74) is 1.06. The summed E-state index contributed by atoms with van der Waals surface area (Å²) >= 11 is 2.69. The van der Waals surface area contributed by atoms with E-state index in [1.54, 1.807) is 16.7 Å². The molecule has 2 aromatic rings. The molecule has 0 spiro atoms. The molecular weight excluding hydrogens is 467 g/mol. The maximum absolute atomic E-state index is 13.5. The number of rotatable bonds is 5. The maximum atomic E-state index is 13.5. The summed E-state index contributed by atoms with van der Waals surface area (Å²) in [7, 11) is 0. The second-order valence-electron chi connectivity index (χ2n) is 7.78. The van der Waals surface area contributed by atoms with Gasteiger partial charge in [-0.2, -0.15) is 0 Å². The number of piperazine rings is 1. The average molecular weight is 493 g/mol. The van der Waals surface area contributed by atoms with Crippen LogP contribution in [-0.4, -0.2) is 75.1 Å². The molecule has 0 radical (unpaired) electrons. The lowest BCUT2D eigenvalue weighted by atomic mass is 10.2. The zero-order chi connectivity index (χ0) is 23.5. The van der Waals surface area contributed by atoms with Crippen molar-refractivity contribution < 1.29 is 18.7 Å². The van der Waals surface area contributed by atoms with Gasteiger partial charge < -0.3 is 14.5 Å². The van der Waals surface area contributed by atoms with E-state index in [4.69, 9.17) is 9.72 Å². The Morgan fingerprint density at radius 2 is 1.85 bits per heavy atom. The summed E-state index contributed by atoms with van der Waals surface area (Å²) < 4.78 is 19.9. The predicted molar refractivity (Wildman–Crippen MR) is 125 cm³/mol. The summed E-state index contributed by atoms with van der Waals surface area (Å²) in [6.45, 7) is 5.80. The molecule has 4 rings (SSSR count). The number of thioether (sulfide) groups is 2. The van der Waals surface area contributed by atoms with Gasteiger partial charge in [-0.3, -0.25) is 14.2 Å². The zero-order valence-corrected chi connectivity index (χ0v) is 20.1. The van der Waals surface area contributed by atoms with E-state index in [1.807, 2.05) is 6.92 Å². The van der Waals surface area contributed by atoms with Crippen LogP contribution in [0.4, 0.5) is 9.18 Å². The maximum Gasteiger partial charge on any atom is 0.409 e. The van der Waals surface area contributed by atoms with Crippen molar-refractivity contribution in [2.24, 2.45) is 0 Å². The first-order chi connectivity index (χ1) is 15.9. The monoisotopic (exact) mass is 492 g/mol. The SMILES string of the molecule is CCOC(=O)N1CCN(C(=O)CSc2nc3c(c(=O)n2-c2ccc(F)cc2)SC(C)C3)CC1. The van der Waals surface area contributed by atoms with E-state index in [-0.39, 0.29) is 28.6 Å². The van der Waals surface area contributed by atoms with Gasteiger partial charge in [-0.1, -0.05) is 18.7 Å². The number of ether oxygens (including phenoxy) is 1. The van der Waals surface area contributed by atoms with Crippen LogP contribution in [0.5, 0.6) is 0 Å². The van der Waals surface area contributed by atoms with Crippen molar-refractivity contribution in [3.05, 3.63) is 46.1 Å². The van der Waals surface area contributed by atoms with E-state index in [0.717, 1.165) is 5.69 Å². The molecular formula is C22H25FN4O4S2. The Hall–Kier alpha value is -2.53. The van der Waals surface area contributed by atoms with E-state index in [2.05, 4.69) is 0 Å². The Balaban J connectivity index is 1.50. The van der Waals surface area contributed by atoms with Crippen LogP contribution in [0.3, 0.4) is 0 Å². The van der Waals surface area contributed by atoms with Crippen LogP contribution < -0.4 is 5.56 Å². The number of carbonyl (C=O) groups is 2. The Labute approximate surface area is 199 Å². The number of hydrogen-bond donors (Lipinski definition) is 0. The van der Waals surface area contributed by atoms with Crippen molar-refractivity contribution in [1.29, 1.82) is 0 Å². The molecule has 176 valence electrons. The first-order valence-corrected chi connectivity index (χ1v) is 12.6. The zero-order valence-electron chi connectivity index (χ0n) is 18.5. The fourth-order valence-electron chi connectivity index (χ4n) is 3.79. The molecule has 33 heavy (non-hydrogen) atoms. The van der Waals surface area contributed by atoms with Crippen molar-refractivity contribution in [1.82, 2.24) is 19.4 Å². The smallest absolute Gasteiger partial charge is 0.409 e. The molecule has 3 heterocycles. The highest BCUT2D eigenvalue weighted by molar-refractivity contribution is 8.00. The number of benzene rings is 1. The third kappa shape index (κ3) is 5.19. The first-order valence-electron chi connectivity index (χ1n) is 10.8. The number of hydrogen-bond acceptors (Lipinski definition) is 7. The van der Waals surface area contributed by atoms with E-state index in [9.17, 15) is 18.8 Å². The third-order valence-electron chi connectivity index (χ3n) is 5.45. The minimum Gasteiger partial charge on any atom is -0.450 e. The largest absolute Gasteiger partial charge is 0.450 e. The number of nitrogens with zero attached hydrogens (tertiary/aromatic N) is 4. The van der Waals surface area contributed by atoms with Gasteiger partial charge in [0, 0.05) is 37.8 Å². The summed E-state index contributed by atoms with van der Waals surface area (Å²) in [4.78, 5) is 46.6. The lowest BCUT2D eigenvalue weighted by Gasteiger charge is -2.34. The number of aromatic nitrogens is 2. The number of halogens is 1. The molecule has 1 unspecified atom stereocenters. The summed E-state index contributed by atoms with van der Waals surface area (Å²) in [6.07, 6.45) is 0.327. The predicted octanol–water partition coefficient (Wildman–Crippen LogP) is 2.80. The van der Waals surface area contributed by atoms with Gasteiger partial charge in [-0.05, 0) is 31.2 Å². The molecule has 1 fully saturated rings. The van der Waals surface area contributed by atoms with Gasteiger partial charge in [0.05, 0.1) is 28.6 Å².